The molecule has 2 aliphatic rings. The van der Waals surface area contributed by atoms with Gasteiger partial charge < -0.3 is 15.1 Å². The van der Waals surface area contributed by atoms with Gasteiger partial charge in [-0.2, -0.15) is 0 Å². The van der Waals surface area contributed by atoms with Crippen LogP contribution >= 0.6 is 0 Å². The molecule has 1 aromatic rings. The summed E-state index contributed by atoms with van der Waals surface area (Å²) in [6, 6.07) is 11.8. The van der Waals surface area contributed by atoms with Crippen LogP contribution in [0.4, 0.5) is 0 Å². The van der Waals surface area contributed by atoms with Crippen LogP contribution in [0.15, 0.2) is 30.3 Å². The standard InChI is InChI=1S/C24H39N3O/c1-26(2)23(20-12-6-3-7-13-20)18-25-19-24(28)27(21-14-8-4-9-15-21)22-16-10-5-11-17-22/h3,6-7,12-13,21-23,25H,4-5,8-11,14-19H2,1-2H3. The minimum absolute atomic E-state index is 0.284. The van der Waals surface area contributed by atoms with Crippen LogP contribution in [0.1, 0.15) is 75.8 Å². The topological polar surface area (TPSA) is 35.6 Å². The summed E-state index contributed by atoms with van der Waals surface area (Å²) in [6.07, 6.45) is 12.6. The van der Waals surface area contributed by atoms with Crippen molar-refractivity contribution in [2.24, 2.45) is 0 Å². The number of hydrogen-bond acceptors (Lipinski definition) is 3. The molecule has 0 saturated heterocycles. The molecule has 0 bridgehead atoms. The average Bonchev–Trinajstić information content (AvgIpc) is 2.73. The Morgan fingerprint density at radius 2 is 1.46 bits per heavy atom. The maximum Gasteiger partial charge on any atom is 0.237 e. The van der Waals surface area contributed by atoms with Gasteiger partial charge in [-0.05, 0) is 45.3 Å². The number of hydrogen-bond donors (Lipinski definition) is 1. The van der Waals surface area contributed by atoms with Gasteiger partial charge in [0.1, 0.15) is 0 Å². The molecule has 2 fully saturated rings. The molecule has 0 heterocycles. The Labute approximate surface area is 171 Å². The summed E-state index contributed by atoms with van der Waals surface area (Å²) >= 11 is 0. The first-order chi connectivity index (χ1) is 13.7. The van der Waals surface area contributed by atoms with Gasteiger partial charge in [0.2, 0.25) is 5.91 Å². The molecule has 0 radical (unpaired) electrons. The van der Waals surface area contributed by atoms with Crippen LogP contribution in [0.25, 0.3) is 0 Å². The molecule has 28 heavy (non-hydrogen) atoms. The van der Waals surface area contributed by atoms with E-state index in [4.69, 9.17) is 0 Å². The zero-order valence-electron chi connectivity index (χ0n) is 17.9. The first-order valence-corrected chi connectivity index (χ1v) is 11.4. The van der Waals surface area contributed by atoms with Gasteiger partial charge in [-0.15, -0.1) is 0 Å². The molecular weight excluding hydrogens is 346 g/mol. The summed E-state index contributed by atoms with van der Waals surface area (Å²) in [5.74, 6) is 0.323. The molecule has 2 aliphatic carbocycles. The van der Waals surface area contributed by atoms with E-state index in [1.807, 2.05) is 0 Å². The first kappa shape index (κ1) is 21.3. The van der Waals surface area contributed by atoms with Gasteiger partial charge in [-0.3, -0.25) is 4.79 Å². The second-order valence-corrected chi connectivity index (χ2v) is 8.91. The summed E-state index contributed by atoms with van der Waals surface area (Å²) in [4.78, 5) is 17.8. The molecular formula is C24H39N3O. The Balaban J connectivity index is 1.59. The molecule has 1 aromatic carbocycles. The summed E-state index contributed by atoms with van der Waals surface area (Å²) in [7, 11) is 4.22. The van der Waals surface area contributed by atoms with Crippen molar-refractivity contribution in [3.05, 3.63) is 35.9 Å². The van der Waals surface area contributed by atoms with Crippen LogP contribution in [0.2, 0.25) is 0 Å². The van der Waals surface area contributed by atoms with Gasteiger partial charge in [0.25, 0.3) is 0 Å². The van der Waals surface area contributed by atoms with Crippen LogP contribution in [0.3, 0.4) is 0 Å². The third-order valence-electron chi connectivity index (χ3n) is 6.65. The summed E-state index contributed by atoms with van der Waals surface area (Å²) < 4.78 is 0. The van der Waals surface area contributed by atoms with Crippen LogP contribution in [-0.2, 0) is 4.79 Å². The summed E-state index contributed by atoms with van der Waals surface area (Å²) in [5.41, 5.74) is 1.30. The molecule has 1 atom stereocenters. The SMILES string of the molecule is CN(C)C(CNCC(=O)N(C1CCCCC1)C1CCCCC1)c1ccccc1. The fourth-order valence-electron chi connectivity index (χ4n) is 5.10. The fourth-order valence-corrected chi connectivity index (χ4v) is 5.10. The molecule has 4 heteroatoms. The molecule has 0 aliphatic heterocycles. The average molecular weight is 386 g/mol. The van der Waals surface area contributed by atoms with Crippen molar-refractivity contribution >= 4 is 5.91 Å². The Kier molecular flexibility index (Phi) is 8.35. The second kappa shape index (κ2) is 11.0. The predicted octanol–water partition coefficient (Wildman–Crippen LogP) is 4.37. The highest BCUT2D eigenvalue weighted by Crippen LogP contribution is 2.30. The van der Waals surface area contributed by atoms with Crippen molar-refractivity contribution in [2.75, 3.05) is 27.2 Å². The molecule has 4 nitrogen and oxygen atoms in total. The highest BCUT2D eigenvalue weighted by molar-refractivity contribution is 5.79. The van der Waals surface area contributed by atoms with Crippen LogP contribution in [0, 0.1) is 0 Å². The van der Waals surface area contributed by atoms with Gasteiger partial charge >= 0.3 is 0 Å². The molecule has 3 rings (SSSR count). The van der Waals surface area contributed by atoms with E-state index >= 15 is 0 Å². The number of carbonyl (C=O) groups is 1. The lowest BCUT2D eigenvalue weighted by atomic mass is 9.88. The Morgan fingerprint density at radius 3 is 1.96 bits per heavy atom. The lowest BCUT2D eigenvalue weighted by Gasteiger charge is -2.42. The van der Waals surface area contributed by atoms with E-state index in [0.717, 1.165) is 6.54 Å². The molecule has 0 spiro atoms. The molecule has 1 amide bonds. The summed E-state index contributed by atoms with van der Waals surface area (Å²) in [6.45, 7) is 1.26. The minimum Gasteiger partial charge on any atom is -0.336 e. The number of rotatable bonds is 8. The number of nitrogens with one attached hydrogen (secondary N) is 1. The van der Waals surface area contributed by atoms with Crippen molar-refractivity contribution in [1.82, 2.24) is 15.1 Å². The van der Waals surface area contributed by atoms with Gasteiger partial charge in [0.05, 0.1) is 6.54 Å². The van der Waals surface area contributed by atoms with Crippen molar-refractivity contribution in [2.45, 2.75) is 82.3 Å². The van der Waals surface area contributed by atoms with Gasteiger partial charge in [0, 0.05) is 24.7 Å². The van der Waals surface area contributed by atoms with Crippen molar-refractivity contribution in [3.8, 4) is 0 Å². The number of benzene rings is 1. The van der Waals surface area contributed by atoms with Gasteiger partial charge in [-0.1, -0.05) is 68.9 Å². The van der Waals surface area contributed by atoms with Crippen LogP contribution < -0.4 is 5.32 Å². The van der Waals surface area contributed by atoms with Gasteiger partial charge in [-0.25, -0.2) is 0 Å². The highest BCUT2D eigenvalue weighted by Gasteiger charge is 2.32. The van der Waals surface area contributed by atoms with E-state index in [9.17, 15) is 4.79 Å². The predicted molar refractivity (Wildman–Crippen MR) is 116 cm³/mol. The molecule has 0 aromatic heterocycles. The maximum atomic E-state index is 13.3. The smallest absolute Gasteiger partial charge is 0.237 e. The zero-order chi connectivity index (χ0) is 19.8. The fraction of sp³-hybridized carbons (Fsp3) is 0.708. The molecule has 156 valence electrons. The zero-order valence-corrected chi connectivity index (χ0v) is 17.9. The van der Waals surface area contributed by atoms with E-state index in [0.29, 0.717) is 24.5 Å². The number of nitrogens with zero attached hydrogens (tertiary/aromatic N) is 2. The Bertz CT molecular complexity index is 559. The van der Waals surface area contributed by atoms with Crippen molar-refractivity contribution < 1.29 is 4.79 Å². The van der Waals surface area contributed by atoms with E-state index in [-0.39, 0.29) is 6.04 Å². The second-order valence-electron chi connectivity index (χ2n) is 8.91. The lowest BCUT2D eigenvalue weighted by Crippen LogP contribution is -2.52. The normalized spacial score (nSPS) is 20.2. The third-order valence-corrected chi connectivity index (χ3v) is 6.65. The monoisotopic (exact) mass is 385 g/mol. The number of carbonyl (C=O) groups excluding carboxylic acids is 1. The highest BCUT2D eigenvalue weighted by atomic mass is 16.2. The van der Waals surface area contributed by atoms with E-state index < -0.39 is 0 Å². The maximum absolute atomic E-state index is 13.3. The Morgan fingerprint density at radius 1 is 0.929 bits per heavy atom. The number of amides is 1. The van der Waals surface area contributed by atoms with Crippen LogP contribution in [0.5, 0.6) is 0 Å². The number of likely N-dealkylation sites (N-methyl/N-ethyl adjacent to an activating group) is 1. The van der Waals surface area contributed by atoms with E-state index in [1.54, 1.807) is 0 Å². The van der Waals surface area contributed by atoms with Crippen LogP contribution in [-0.4, -0.2) is 55.0 Å². The molecule has 2 saturated carbocycles. The lowest BCUT2D eigenvalue weighted by molar-refractivity contribution is -0.137. The summed E-state index contributed by atoms with van der Waals surface area (Å²) in [5, 5.41) is 3.49. The Hall–Kier alpha value is -1.39. The molecule has 1 N–H and O–H groups in total. The van der Waals surface area contributed by atoms with Crippen molar-refractivity contribution in [1.29, 1.82) is 0 Å². The van der Waals surface area contributed by atoms with Crippen molar-refractivity contribution in [3.63, 3.8) is 0 Å². The first-order valence-electron chi connectivity index (χ1n) is 11.4. The van der Waals surface area contributed by atoms with E-state index in [2.05, 4.69) is 59.5 Å². The third kappa shape index (κ3) is 5.81. The quantitative estimate of drug-likeness (QED) is 0.722. The minimum atomic E-state index is 0.284. The molecule has 1 unspecified atom stereocenters. The van der Waals surface area contributed by atoms with Gasteiger partial charge in [0.15, 0.2) is 0 Å². The largest absolute Gasteiger partial charge is 0.336 e. The van der Waals surface area contributed by atoms with E-state index in [1.165, 1.54) is 69.8 Å².